The van der Waals surface area contributed by atoms with Crippen LogP contribution in [0.3, 0.4) is 0 Å². The van der Waals surface area contributed by atoms with Crippen molar-refractivity contribution in [3.05, 3.63) is 53.7 Å². The van der Waals surface area contributed by atoms with Crippen LogP contribution in [0.15, 0.2) is 48.7 Å². The van der Waals surface area contributed by atoms with Crippen LogP contribution in [0.1, 0.15) is 12.8 Å². The van der Waals surface area contributed by atoms with E-state index in [0.29, 0.717) is 11.1 Å². The number of nitrogens with zero attached hydrogens (tertiary/aromatic N) is 3. The summed E-state index contributed by atoms with van der Waals surface area (Å²) in [5.74, 6) is 1.57. The first-order valence-electron chi connectivity index (χ1n) is 10.3. The molecular formula is C23H22ClN5. The zero-order valence-corrected chi connectivity index (χ0v) is 16.8. The van der Waals surface area contributed by atoms with Gasteiger partial charge < -0.3 is 15.2 Å². The molecule has 146 valence electrons. The number of aromatic nitrogens is 3. The van der Waals surface area contributed by atoms with Crippen molar-refractivity contribution in [2.45, 2.75) is 18.9 Å². The van der Waals surface area contributed by atoms with Crippen LogP contribution in [-0.4, -0.2) is 45.5 Å². The van der Waals surface area contributed by atoms with Gasteiger partial charge in [-0.05, 0) is 62.2 Å². The number of anilines is 1. The van der Waals surface area contributed by atoms with Crippen LogP contribution < -0.4 is 5.32 Å². The number of halogens is 1. The Balaban J connectivity index is 1.50. The van der Waals surface area contributed by atoms with Crippen LogP contribution in [0.5, 0.6) is 0 Å². The van der Waals surface area contributed by atoms with E-state index in [1.807, 2.05) is 36.5 Å². The Morgan fingerprint density at radius 2 is 1.93 bits per heavy atom. The summed E-state index contributed by atoms with van der Waals surface area (Å²) in [4.78, 5) is 15.6. The van der Waals surface area contributed by atoms with Crippen LogP contribution in [0, 0.1) is 5.92 Å². The molecule has 6 heteroatoms. The normalized spacial score (nSPS) is 23.7. The molecule has 5 heterocycles. The number of aromatic amines is 1. The Morgan fingerprint density at radius 3 is 2.72 bits per heavy atom. The average Bonchev–Trinajstić information content (AvgIpc) is 3.18. The van der Waals surface area contributed by atoms with Crippen molar-refractivity contribution in [1.82, 2.24) is 19.9 Å². The molecule has 3 fully saturated rings. The van der Waals surface area contributed by atoms with Crippen LogP contribution in [0.25, 0.3) is 33.3 Å². The third-order valence-electron chi connectivity index (χ3n) is 6.46. The first-order valence-corrected chi connectivity index (χ1v) is 10.6. The Kier molecular flexibility index (Phi) is 3.99. The summed E-state index contributed by atoms with van der Waals surface area (Å²) in [6.45, 7) is 3.56. The first-order chi connectivity index (χ1) is 14.2. The summed E-state index contributed by atoms with van der Waals surface area (Å²) in [5, 5.41) is 5.69. The molecule has 2 aromatic heterocycles. The molecule has 0 saturated carbocycles. The lowest BCUT2D eigenvalue weighted by atomic mass is 9.83. The van der Waals surface area contributed by atoms with Crippen molar-refractivity contribution in [3.63, 3.8) is 0 Å². The van der Waals surface area contributed by atoms with Crippen molar-refractivity contribution in [2.24, 2.45) is 5.92 Å². The number of benzene rings is 2. The van der Waals surface area contributed by atoms with Gasteiger partial charge in [-0.2, -0.15) is 0 Å². The third-order valence-corrected chi connectivity index (χ3v) is 6.70. The minimum atomic E-state index is 0.446. The molecule has 0 unspecified atom stereocenters. The lowest BCUT2D eigenvalue weighted by Crippen LogP contribution is -2.53. The van der Waals surface area contributed by atoms with Gasteiger partial charge in [0.2, 0.25) is 0 Å². The first kappa shape index (κ1) is 17.2. The fraction of sp³-hybridized carbons (Fsp3) is 0.304. The molecule has 29 heavy (non-hydrogen) atoms. The SMILES string of the molecule is Clc1ccc2c(N[C@@H]3CN4CCC3CC4)c(-c3nc4ccccc4[nH]3)cnc2c1. The minimum absolute atomic E-state index is 0.446. The van der Waals surface area contributed by atoms with Gasteiger partial charge in [-0.15, -0.1) is 0 Å². The lowest BCUT2D eigenvalue weighted by Gasteiger charge is -2.45. The fourth-order valence-electron chi connectivity index (χ4n) is 4.90. The van der Waals surface area contributed by atoms with E-state index in [-0.39, 0.29) is 0 Å². The number of para-hydroxylation sites is 2. The van der Waals surface area contributed by atoms with Gasteiger partial charge in [0.05, 0.1) is 27.8 Å². The Bertz CT molecular complexity index is 1180. The van der Waals surface area contributed by atoms with Crippen LogP contribution in [0.2, 0.25) is 5.02 Å². The molecule has 3 aliphatic heterocycles. The van der Waals surface area contributed by atoms with Gasteiger partial charge in [0.1, 0.15) is 5.82 Å². The predicted octanol–water partition coefficient (Wildman–Crippen LogP) is 4.94. The van der Waals surface area contributed by atoms with E-state index in [1.54, 1.807) is 0 Å². The van der Waals surface area contributed by atoms with Crippen LogP contribution in [0.4, 0.5) is 5.69 Å². The largest absolute Gasteiger partial charge is 0.380 e. The maximum absolute atomic E-state index is 6.24. The maximum Gasteiger partial charge on any atom is 0.142 e. The molecule has 2 bridgehead atoms. The summed E-state index contributed by atoms with van der Waals surface area (Å²) >= 11 is 6.24. The third kappa shape index (κ3) is 2.96. The van der Waals surface area contributed by atoms with Crippen LogP contribution >= 0.6 is 11.6 Å². The van der Waals surface area contributed by atoms with Gasteiger partial charge >= 0.3 is 0 Å². The molecule has 4 aromatic rings. The number of imidazole rings is 1. The van der Waals surface area contributed by atoms with E-state index in [1.165, 1.54) is 25.9 Å². The molecule has 0 amide bonds. The van der Waals surface area contributed by atoms with E-state index < -0.39 is 0 Å². The number of H-pyrrole nitrogens is 1. The van der Waals surface area contributed by atoms with Gasteiger partial charge in [0.25, 0.3) is 0 Å². The maximum atomic E-state index is 6.24. The summed E-state index contributed by atoms with van der Waals surface area (Å²) in [5.41, 5.74) is 5.01. The van der Waals surface area contributed by atoms with Gasteiger partial charge in [-0.3, -0.25) is 4.98 Å². The highest BCUT2D eigenvalue weighted by molar-refractivity contribution is 6.31. The number of hydrogen-bond donors (Lipinski definition) is 2. The lowest BCUT2D eigenvalue weighted by molar-refractivity contribution is 0.0976. The summed E-state index contributed by atoms with van der Waals surface area (Å²) in [7, 11) is 0. The predicted molar refractivity (Wildman–Crippen MR) is 118 cm³/mol. The van der Waals surface area contributed by atoms with Gasteiger partial charge in [-0.1, -0.05) is 23.7 Å². The topological polar surface area (TPSA) is 56.8 Å². The Labute approximate surface area is 174 Å². The highest BCUT2D eigenvalue weighted by Gasteiger charge is 2.34. The second-order valence-electron chi connectivity index (χ2n) is 8.20. The summed E-state index contributed by atoms with van der Waals surface area (Å²) in [6, 6.07) is 14.5. The molecule has 3 saturated heterocycles. The highest BCUT2D eigenvalue weighted by atomic mass is 35.5. The second kappa shape index (κ2) is 6.71. The molecule has 1 atom stereocenters. The van der Waals surface area contributed by atoms with Crippen LogP contribution in [-0.2, 0) is 0 Å². The van der Waals surface area contributed by atoms with E-state index in [2.05, 4.69) is 27.3 Å². The van der Waals surface area contributed by atoms with Gasteiger partial charge in [0.15, 0.2) is 0 Å². The number of pyridine rings is 1. The monoisotopic (exact) mass is 403 g/mol. The standard InChI is InChI=1S/C23H22ClN5/c24-15-5-6-16-20(11-15)25-12-17(23-27-18-3-1-2-4-19(18)28-23)22(16)26-21-13-29-9-7-14(21)8-10-29/h1-6,11-12,14,21H,7-10,13H2,(H,25,26)(H,27,28)/t21-/m1/s1. The molecule has 3 aliphatic rings. The van der Waals surface area contributed by atoms with Crippen molar-refractivity contribution < 1.29 is 0 Å². The highest BCUT2D eigenvalue weighted by Crippen LogP contribution is 2.37. The quantitative estimate of drug-likeness (QED) is 0.508. The van der Waals surface area contributed by atoms with Crippen molar-refractivity contribution in [3.8, 4) is 11.4 Å². The van der Waals surface area contributed by atoms with Gasteiger partial charge in [-0.25, -0.2) is 4.98 Å². The average molecular weight is 404 g/mol. The molecule has 5 nitrogen and oxygen atoms in total. The Morgan fingerprint density at radius 1 is 1.07 bits per heavy atom. The fourth-order valence-corrected chi connectivity index (χ4v) is 5.06. The van der Waals surface area contributed by atoms with Crippen molar-refractivity contribution in [1.29, 1.82) is 0 Å². The second-order valence-corrected chi connectivity index (χ2v) is 8.64. The summed E-state index contributed by atoms with van der Waals surface area (Å²) < 4.78 is 0. The molecule has 2 N–H and O–H groups in total. The molecule has 0 spiro atoms. The number of fused-ring (bicyclic) bond motifs is 5. The number of rotatable bonds is 3. The molecule has 0 radical (unpaired) electrons. The number of hydrogen-bond acceptors (Lipinski definition) is 4. The molecule has 7 rings (SSSR count). The number of nitrogens with one attached hydrogen (secondary N) is 2. The van der Waals surface area contributed by atoms with E-state index in [4.69, 9.17) is 21.6 Å². The number of piperidine rings is 3. The van der Waals surface area contributed by atoms with Crippen molar-refractivity contribution in [2.75, 3.05) is 25.0 Å². The van der Waals surface area contributed by atoms with Gasteiger partial charge in [0, 0.05) is 29.2 Å². The van der Waals surface area contributed by atoms with E-state index in [9.17, 15) is 0 Å². The minimum Gasteiger partial charge on any atom is -0.380 e. The molecule has 2 aromatic carbocycles. The zero-order valence-electron chi connectivity index (χ0n) is 16.0. The summed E-state index contributed by atoms with van der Waals surface area (Å²) in [6.07, 6.45) is 4.46. The van der Waals surface area contributed by atoms with Crippen molar-refractivity contribution >= 4 is 39.2 Å². The zero-order chi connectivity index (χ0) is 19.4. The smallest absolute Gasteiger partial charge is 0.142 e. The molecular weight excluding hydrogens is 382 g/mol. The van der Waals surface area contributed by atoms with E-state index in [0.717, 1.165) is 51.5 Å². The molecule has 0 aliphatic carbocycles. The van der Waals surface area contributed by atoms with E-state index >= 15 is 0 Å². The Hall–Kier alpha value is -2.63.